The Kier molecular flexibility index (Phi) is 2.12. The number of benzene rings is 1. The molecule has 3 rings (SSSR count). The summed E-state index contributed by atoms with van der Waals surface area (Å²) in [6, 6.07) is 4.37. The fraction of sp³-hybridized carbons (Fsp3) is 0.538. The van der Waals surface area contributed by atoms with Gasteiger partial charge in [-0.25, -0.2) is 0 Å². The maximum absolute atomic E-state index is 12.6. The molecular weight excluding hydrogens is 227 g/mol. The van der Waals surface area contributed by atoms with E-state index in [1.54, 1.807) is 6.07 Å². The number of rotatable bonds is 0. The van der Waals surface area contributed by atoms with Gasteiger partial charge in [-0.05, 0) is 54.4 Å². The zero-order valence-electron chi connectivity index (χ0n) is 9.35. The minimum Gasteiger partial charge on any atom is -0.327 e. The average Bonchev–Trinajstić information content (AvgIpc) is 2.86. The summed E-state index contributed by atoms with van der Waals surface area (Å²) in [6.07, 6.45) is -0.704. The van der Waals surface area contributed by atoms with Crippen LogP contribution >= 0.6 is 0 Å². The van der Waals surface area contributed by atoms with Gasteiger partial charge in [-0.1, -0.05) is 6.07 Å². The van der Waals surface area contributed by atoms with Gasteiger partial charge in [0, 0.05) is 6.04 Å². The Morgan fingerprint density at radius 3 is 2.53 bits per heavy atom. The number of halogens is 3. The Hall–Kier alpha value is -1.03. The van der Waals surface area contributed by atoms with Crippen molar-refractivity contribution in [3.63, 3.8) is 0 Å². The van der Waals surface area contributed by atoms with Crippen molar-refractivity contribution in [1.29, 1.82) is 0 Å². The predicted molar refractivity (Wildman–Crippen MR) is 58.5 cm³/mol. The lowest BCUT2D eigenvalue weighted by molar-refractivity contribution is -0.137. The van der Waals surface area contributed by atoms with Crippen molar-refractivity contribution in [2.75, 3.05) is 0 Å². The molecule has 1 fully saturated rings. The second kappa shape index (κ2) is 3.25. The molecule has 1 spiro atoms. The van der Waals surface area contributed by atoms with Gasteiger partial charge >= 0.3 is 6.18 Å². The molecule has 0 saturated heterocycles. The van der Waals surface area contributed by atoms with Gasteiger partial charge in [-0.3, -0.25) is 0 Å². The number of hydrogen-bond donors (Lipinski definition) is 1. The minimum absolute atomic E-state index is 0.201. The van der Waals surface area contributed by atoms with Crippen molar-refractivity contribution >= 4 is 0 Å². The molecule has 17 heavy (non-hydrogen) atoms. The van der Waals surface area contributed by atoms with Gasteiger partial charge in [-0.15, -0.1) is 0 Å². The highest BCUT2D eigenvalue weighted by molar-refractivity contribution is 5.38. The molecule has 0 amide bonds. The van der Waals surface area contributed by atoms with Gasteiger partial charge in [0.15, 0.2) is 0 Å². The molecule has 0 bridgehead atoms. The number of fused-ring (bicyclic) bond motifs is 1. The maximum Gasteiger partial charge on any atom is 0.416 e. The van der Waals surface area contributed by atoms with Crippen LogP contribution in [0.2, 0.25) is 0 Å². The molecule has 1 aromatic rings. The molecule has 2 aliphatic carbocycles. The van der Waals surface area contributed by atoms with Crippen molar-refractivity contribution in [3.8, 4) is 0 Å². The Labute approximate surface area is 97.8 Å². The molecule has 2 unspecified atom stereocenters. The van der Waals surface area contributed by atoms with Crippen molar-refractivity contribution in [1.82, 2.24) is 0 Å². The molecule has 0 radical (unpaired) electrons. The summed E-state index contributed by atoms with van der Waals surface area (Å²) < 4.78 is 37.7. The van der Waals surface area contributed by atoms with E-state index < -0.39 is 11.7 Å². The summed E-state index contributed by atoms with van der Waals surface area (Å²) in [6.45, 7) is 0. The first-order chi connectivity index (χ1) is 7.91. The third-order valence-electron chi connectivity index (χ3n) is 4.22. The predicted octanol–water partition coefficient (Wildman–Crippen LogP) is 2.91. The van der Waals surface area contributed by atoms with Crippen molar-refractivity contribution in [2.45, 2.75) is 37.9 Å². The quantitative estimate of drug-likeness (QED) is 0.742. The van der Waals surface area contributed by atoms with E-state index in [0.29, 0.717) is 0 Å². The molecule has 4 heteroatoms. The van der Waals surface area contributed by atoms with E-state index in [2.05, 4.69) is 0 Å². The lowest BCUT2D eigenvalue weighted by atomic mass is 9.80. The highest BCUT2D eigenvalue weighted by Gasteiger charge is 2.52. The standard InChI is InChI=1S/C13H14F3N/c14-13(15,16)10-2-1-9-6-12(7-11(12)17)4-3-8(9)5-10/h1-2,5,11H,3-4,6-7,17H2. The second-order valence-corrected chi connectivity index (χ2v) is 5.33. The zero-order valence-corrected chi connectivity index (χ0v) is 9.35. The monoisotopic (exact) mass is 241 g/mol. The average molecular weight is 241 g/mol. The Morgan fingerprint density at radius 2 is 1.94 bits per heavy atom. The topological polar surface area (TPSA) is 26.0 Å². The van der Waals surface area contributed by atoms with Crippen molar-refractivity contribution in [3.05, 3.63) is 34.9 Å². The summed E-state index contributed by atoms with van der Waals surface area (Å²) in [4.78, 5) is 0. The highest BCUT2D eigenvalue weighted by atomic mass is 19.4. The Balaban J connectivity index is 1.92. The number of hydrogen-bond acceptors (Lipinski definition) is 1. The van der Waals surface area contributed by atoms with Crippen molar-refractivity contribution < 1.29 is 13.2 Å². The van der Waals surface area contributed by atoms with Crippen LogP contribution in [-0.4, -0.2) is 6.04 Å². The molecule has 2 atom stereocenters. The van der Waals surface area contributed by atoms with Crippen LogP contribution in [0.3, 0.4) is 0 Å². The molecule has 0 heterocycles. The Bertz CT molecular complexity index is 466. The SMILES string of the molecule is NC1CC12CCc1cc(C(F)(F)F)ccc1C2. The molecule has 2 N–H and O–H groups in total. The number of alkyl halides is 3. The van der Waals surface area contributed by atoms with Crippen LogP contribution in [0.15, 0.2) is 18.2 Å². The number of nitrogens with two attached hydrogens (primary N) is 1. The van der Waals surface area contributed by atoms with Crippen LogP contribution in [0.25, 0.3) is 0 Å². The zero-order chi connectivity index (χ0) is 12.3. The molecule has 0 aliphatic heterocycles. The number of aryl methyl sites for hydroxylation is 1. The van der Waals surface area contributed by atoms with E-state index in [9.17, 15) is 13.2 Å². The summed E-state index contributed by atoms with van der Waals surface area (Å²) in [7, 11) is 0. The van der Waals surface area contributed by atoms with Gasteiger partial charge < -0.3 is 5.73 Å². The molecule has 92 valence electrons. The first-order valence-corrected chi connectivity index (χ1v) is 5.85. The fourth-order valence-corrected chi connectivity index (χ4v) is 2.93. The molecule has 1 aromatic carbocycles. The van der Waals surface area contributed by atoms with Gasteiger partial charge in [0.25, 0.3) is 0 Å². The molecule has 0 aromatic heterocycles. The third kappa shape index (κ3) is 1.75. The van der Waals surface area contributed by atoms with Gasteiger partial charge in [0.05, 0.1) is 5.56 Å². The van der Waals surface area contributed by atoms with Crippen LogP contribution < -0.4 is 5.73 Å². The third-order valence-corrected chi connectivity index (χ3v) is 4.22. The first kappa shape index (κ1) is 11.1. The van der Waals surface area contributed by atoms with Gasteiger partial charge in [-0.2, -0.15) is 13.2 Å². The molecule has 2 aliphatic rings. The van der Waals surface area contributed by atoms with E-state index in [4.69, 9.17) is 5.73 Å². The van der Waals surface area contributed by atoms with Crippen LogP contribution in [-0.2, 0) is 19.0 Å². The Morgan fingerprint density at radius 1 is 1.24 bits per heavy atom. The smallest absolute Gasteiger partial charge is 0.327 e. The van der Waals surface area contributed by atoms with Crippen molar-refractivity contribution in [2.24, 2.45) is 11.1 Å². The van der Waals surface area contributed by atoms with E-state index in [1.165, 1.54) is 12.1 Å². The van der Waals surface area contributed by atoms with Crippen LogP contribution in [0, 0.1) is 5.41 Å². The highest BCUT2D eigenvalue weighted by Crippen LogP contribution is 2.53. The molecule has 1 saturated carbocycles. The minimum atomic E-state index is -4.24. The lowest BCUT2D eigenvalue weighted by Gasteiger charge is -2.25. The fourth-order valence-electron chi connectivity index (χ4n) is 2.93. The van der Waals surface area contributed by atoms with E-state index in [-0.39, 0.29) is 11.5 Å². The van der Waals surface area contributed by atoms with E-state index in [1.807, 2.05) is 0 Å². The van der Waals surface area contributed by atoms with Gasteiger partial charge in [0.1, 0.15) is 0 Å². The van der Waals surface area contributed by atoms with Crippen LogP contribution in [0.4, 0.5) is 13.2 Å². The van der Waals surface area contributed by atoms with Crippen LogP contribution in [0.5, 0.6) is 0 Å². The molecular formula is C13H14F3N. The molecule has 1 nitrogen and oxygen atoms in total. The van der Waals surface area contributed by atoms with E-state index in [0.717, 1.165) is 36.8 Å². The van der Waals surface area contributed by atoms with Crippen LogP contribution in [0.1, 0.15) is 29.5 Å². The largest absolute Gasteiger partial charge is 0.416 e. The summed E-state index contributed by atoms with van der Waals surface area (Å²) in [5, 5.41) is 0. The van der Waals surface area contributed by atoms with E-state index >= 15 is 0 Å². The first-order valence-electron chi connectivity index (χ1n) is 5.85. The summed E-state index contributed by atoms with van der Waals surface area (Å²) in [5.41, 5.74) is 7.48. The van der Waals surface area contributed by atoms with Gasteiger partial charge in [0.2, 0.25) is 0 Å². The normalized spacial score (nSPS) is 31.4. The summed E-state index contributed by atoms with van der Waals surface area (Å²) >= 11 is 0. The summed E-state index contributed by atoms with van der Waals surface area (Å²) in [5.74, 6) is 0. The maximum atomic E-state index is 12.6. The second-order valence-electron chi connectivity index (χ2n) is 5.33. The lowest BCUT2D eigenvalue weighted by Crippen LogP contribution is -2.23.